The summed E-state index contributed by atoms with van der Waals surface area (Å²) in [6.45, 7) is 3.11. The lowest BCUT2D eigenvalue weighted by molar-refractivity contribution is -0.136. The van der Waals surface area contributed by atoms with Crippen molar-refractivity contribution in [2.24, 2.45) is 0 Å². The number of halogens is 4. The minimum absolute atomic E-state index is 0.0363. The number of fused-ring (bicyclic) bond motifs is 1. The summed E-state index contributed by atoms with van der Waals surface area (Å²) in [5.74, 6) is -1.34. The van der Waals surface area contributed by atoms with Crippen molar-refractivity contribution in [2.75, 3.05) is 19.7 Å². The summed E-state index contributed by atoms with van der Waals surface area (Å²) < 4.78 is 37.2. The van der Waals surface area contributed by atoms with Gasteiger partial charge in [-0.3, -0.25) is 4.79 Å². The molecule has 9 heteroatoms. The zero-order valence-electron chi connectivity index (χ0n) is 15.5. The first kappa shape index (κ1) is 20.3. The summed E-state index contributed by atoms with van der Waals surface area (Å²) in [5.41, 5.74) is 0.975. The second kappa shape index (κ2) is 8.01. The number of hydrogen-bond donors (Lipinski definition) is 0. The summed E-state index contributed by atoms with van der Waals surface area (Å²) in [6.07, 6.45) is -0.332. The summed E-state index contributed by atoms with van der Waals surface area (Å²) >= 11 is 9.18. The molecule has 4 rings (SSSR count). The van der Waals surface area contributed by atoms with Crippen LogP contribution in [0.4, 0.5) is 8.78 Å². The number of rotatable bonds is 3. The van der Waals surface area contributed by atoms with E-state index >= 15 is 0 Å². The maximum atomic E-state index is 14.7. The van der Waals surface area contributed by atoms with Crippen LogP contribution in [-0.2, 0) is 16.1 Å². The van der Waals surface area contributed by atoms with Gasteiger partial charge in [0.1, 0.15) is 17.5 Å². The zero-order valence-corrected chi connectivity index (χ0v) is 17.8. The first-order valence-electron chi connectivity index (χ1n) is 9.01. The maximum absolute atomic E-state index is 14.7. The molecule has 29 heavy (non-hydrogen) atoms. The standard InChI is InChI=1S/C20H17BrClF2N3O2/c1-11(28)26-4-5-29-14(9-26)10-27-18-3-2-13(22)8-17(18)25-20(27)19-15(23)6-12(21)7-16(19)24/h2-3,6-8,14H,4-5,9-10H2,1H3. The summed E-state index contributed by atoms with van der Waals surface area (Å²) in [6, 6.07) is 7.50. The van der Waals surface area contributed by atoms with Gasteiger partial charge < -0.3 is 14.2 Å². The third kappa shape index (κ3) is 4.01. The van der Waals surface area contributed by atoms with Crippen LogP contribution in [0, 0.1) is 11.6 Å². The Labute approximate surface area is 179 Å². The molecule has 1 amide bonds. The molecule has 152 valence electrons. The van der Waals surface area contributed by atoms with Crippen molar-refractivity contribution in [3.63, 3.8) is 0 Å². The number of ether oxygens (including phenoxy) is 1. The minimum atomic E-state index is -0.727. The molecule has 1 aliphatic heterocycles. The average molecular weight is 485 g/mol. The van der Waals surface area contributed by atoms with Crippen LogP contribution in [0.1, 0.15) is 6.92 Å². The number of benzene rings is 2. The van der Waals surface area contributed by atoms with Gasteiger partial charge in [-0.25, -0.2) is 13.8 Å². The largest absolute Gasteiger partial charge is 0.373 e. The smallest absolute Gasteiger partial charge is 0.219 e. The van der Waals surface area contributed by atoms with Crippen molar-refractivity contribution in [1.29, 1.82) is 0 Å². The third-order valence-corrected chi connectivity index (χ3v) is 5.60. The second-order valence-electron chi connectivity index (χ2n) is 6.88. The number of aromatic nitrogens is 2. The third-order valence-electron chi connectivity index (χ3n) is 4.91. The van der Waals surface area contributed by atoms with Gasteiger partial charge in [-0.05, 0) is 30.3 Å². The highest BCUT2D eigenvalue weighted by molar-refractivity contribution is 9.10. The lowest BCUT2D eigenvalue weighted by Gasteiger charge is -2.32. The van der Waals surface area contributed by atoms with Crippen LogP contribution in [0.15, 0.2) is 34.8 Å². The molecule has 3 aromatic rings. The highest BCUT2D eigenvalue weighted by Crippen LogP contribution is 2.32. The number of hydrogen-bond acceptors (Lipinski definition) is 3. The van der Waals surface area contributed by atoms with E-state index in [1.165, 1.54) is 19.1 Å². The quantitative estimate of drug-likeness (QED) is 0.544. The van der Waals surface area contributed by atoms with E-state index in [9.17, 15) is 13.6 Å². The lowest BCUT2D eigenvalue weighted by Crippen LogP contribution is -2.46. The van der Waals surface area contributed by atoms with E-state index in [1.54, 1.807) is 27.7 Å². The van der Waals surface area contributed by atoms with Gasteiger partial charge in [0.15, 0.2) is 0 Å². The summed E-state index contributed by atoms with van der Waals surface area (Å²) in [5, 5.41) is 0.474. The van der Waals surface area contributed by atoms with Crippen molar-refractivity contribution < 1.29 is 18.3 Å². The van der Waals surface area contributed by atoms with Crippen molar-refractivity contribution in [1.82, 2.24) is 14.5 Å². The van der Waals surface area contributed by atoms with Crippen LogP contribution in [0.3, 0.4) is 0 Å². The highest BCUT2D eigenvalue weighted by Gasteiger charge is 2.26. The van der Waals surface area contributed by atoms with Crippen molar-refractivity contribution in [3.05, 3.63) is 51.5 Å². The van der Waals surface area contributed by atoms with Gasteiger partial charge in [0.2, 0.25) is 5.91 Å². The zero-order chi connectivity index (χ0) is 20.7. The van der Waals surface area contributed by atoms with E-state index in [4.69, 9.17) is 16.3 Å². The van der Waals surface area contributed by atoms with Crippen LogP contribution < -0.4 is 0 Å². The number of amides is 1. The van der Waals surface area contributed by atoms with Crippen molar-refractivity contribution >= 4 is 44.5 Å². The molecule has 1 aromatic heterocycles. The Kier molecular flexibility index (Phi) is 5.59. The molecule has 0 saturated carbocycles. The maximum Gasteiger partial charge on any atom is 0.219 e. The number of nitrogens with zero attached hydrogens (tertiary/aromatic N) is 3. The Morgan fingerprint density at radius 2 is 2.03 bits per heavy atom. The van der Waals surface area contributed by atoms with E-state index < -0.39 is 11.6 Å². The first-order valence-corrected chi connectivity index (χ1v) is 10.2. The lowest BCUT2D eigenvalue weighted by atomic mass is 10.1. The van der Waals surface area contributed by atoms with Gasteiger partial charge in [-0.1, -0.05) is 27.5 Å². The van der Waals surface area contributed by atoms with Crippen LogP contribution in [0.5, 0.6) is 0 Å². The molecule has 0 spiro atoms. The highest BCUT2D eigenvalue weighted by atomic mass is 79.9. The Bertz CT molecular complexity index is 1080. The fourth-order valence-electron chi connectivity index (χ4n) is 3.55. The van der Waals surface area contributed by atoms with E-state index in [2.05, 4.69) is 20.9 Å². The fourth-order valence-corrected chi connectivity index (χ4v) is 4.12. The minimum Gasteiger partial charge on any atom is -0.373 e. The molecule has 0 N–H and O–H groups in total. The van der Waals surface area contributed by atoms with E-state index in [1.807, 2.05) is 0 Å². The van der Waals surface area contributed by atoms with Gasteiger partial charge in [-0.2, -0.15) is 0 Å². The Morgan fingerprint density at radius 3 is 2.72 bits per heavy atom. The molecule has 0 aliphatic carbocycles. The fraction of sp³-hybridized carbons (Fsp3) is 0.300. The van der Waals surface area contributed by atoms with Crippen LogP contribution >= 0.6 is 27.5 Å². The molecule has 2 aromatic carbocycles. The van der Waals surface area contributed by atoms with Gasteiger partial charge in [0, 0.05) is 29.5 Å². The predicted molar refractivity (Wildman–Crippen MR) is 110 cm³/mol. The first-order chi connectivity index (χ1) is 13.8. The SMILES string of the molecule is CC(=O)N1CCOC(Cn2c(-c3c(F)cc(Br)cc3F)nc3cc(Cl)ccc32)C1. The van der Waals surface area contributed by atoms with Gasteiger partial charge in [-0.15, -0.1) is 0 Å². The van der Waals surface area contributed by atoms with Crippen LogP contribution in [0.2, 0.25) is 5.02 Å². The molecule has 1 fully saturated rings. The molecule has 0 bridgehead atoms. The van der Waals surface area contributed by atoms with Crippen molar-refractivity contribution in [2.45, 2.75) is 19.6 Å². The molecule has 1 saturated heterocycles. The molecule has 1 unspecified atom stereocenters. The van der Waals surface area contributed by atoms with Crippen LogP contribution in [-0.4, -0.2) is 46.2 Å². The van der Waals surface area contributed by atoms with Gasteiger partial charge >= 0.3 is 0 Å². The van der Waals surface area contributed by atoms with E-state index in [0.29, 0.717) is 40.2 Å². The number of imidazole rings is 1. The molecule has 1 aliphatic rings. The average Bonchev–Trinajstić information content (AvgIpc) is 2.98. The Hall–Kier alpha value is -2.03. The normalized spacial score (nSPS) is 17.1. The number of carbonyl (C=O) groups excluding carboxylic acids is 1. The van der Waals surface area contributed by atoms with Crippen molar-refractivity contribution in [3.8, 4) is 11.4 Å². The Morgan fingerprint density at radius 1 is 1.31 bits per heavy atom. The summed E-state index contributed by atoms with van der Waals surface area (Å²) in [4.78, 5) is 17.9. The molecule has 2 heterocycles. The molecular formula is C20H17BrClF2N3O2. The predicted octanol–water partition coefficient (Wildman–Crippen LogP) is 4.64. The second-order valence-corrected chi connectivity index (χ2v) is 8.23. The molecule has 5 nitrogen and oxygen atoms in total. The Balaban J connectivity index is 1.82. The summed E-state index contributed by atoms with van der Waals surface area (Å²) in [7, 11) is 0. The monoisotopic (exact) mass is 483 g/mol. The van der Waals surface area contributed by atoms with Gasteiger partial charge in [0.25, 0.3) is 0 Å². The van der Waals surface area contributed by atoms with Crippen LogP contribution in [0.25, 0.3) is 22.4 Å². The number of carbonyl (C=O) groups is 1. The van der Waals surface area contributed by atoms with E-state index in [-0.39, 0.29) is 29.9 Å². The number of morpholine rings is 1. The topological polar surface area (TPSA) is 47.4 Å². The van der Waals surface area contributed by atoms with Gasteiger partial charge in [0.05, 0.1) is 35.9 Å². The van der Waals surface area contributed by atoms with E-state index in [0.717, 1.165) is 0 Å². The molecule has 0 radical (unpaired) electrons. The molecular weight excluding hydrogens is 468 g/mol. The molecule has 1 atom stereocenters.